The molecule has 0 unspecified atom stereocenters. The SMILES string of the molecule is CN(C)C(=O)CCNC(=O)/C=C/c1ccccc1[N+](=O)[O-]. The Bertz CT molecular complexity index is 567. The van der Waals surface area contributed by atoms with Crippen LogP contribution in [0, 0.1) is 10.1 Å². The molecule has 0 spiro atoms. The lowest BCUT2D eigenvalue weighted by Gasteiger charge is -2.09. The summed E-state index contributed by atoms with van der Waals surface area (Å²) in [5.74, 6) is -0.488. The monoisotopic (exact) mass is 291 g/mol. The Morgan fingerprint density at radius 1 is 1.33 bits per heavy atom. The van der Waals surface area contributed by atoms with E-state index in [-0.39, 0.29) is 24.6 Å². The van der Waals surface area contributed by atoms with Crippen LogP contribution in [-0.4, -0.2) is 42.3 Å². The lowest BCUT2D eigenvalue weighted by atomic mass is 10.1. The lowest BCUT2D eigenvalue weighted by Crippen LogP contribution is -2.29. The van der Waals surface area contributed by atoms with Crippen LogP contribution in [0.3, 0.4) is 0 Å². The molecule has 1 N–H and O–H groups in total. The van der Waals surface area contributed by atoms with Crippen LogP contribution in [-0.2, 0) is 9.59 Å². The topological polar surface area (TPSA) is 92.6 Å². The largest absolute Gasteiger partial charge is 0.352 e. The molecule has 0 bridgehead atoms. The highest BCUT2D eigenvalue weighted by Gasteiger charge is 2.09. The van der Waals surface area contributed by atoms with Crippen LogP contribution in [0.2, 0.25) is 0 Å². The third-order valence-corrected chi connectivity index (χ3v) is 2.68. The smallest absolute Gasteiger partial charge is 0.276 e. The van der Waals surface area contributed by atoms with Crippen LogP contribution in [0.4, 0.5) is 5.69 Å². The van der Waals surface area contributed by atoms with Crippen molar-refractivity contribution >= 4 is 23.6 Å². The van der Waals surface area contributed by atoms with Crippen LogP contribution in [0.5, 0.6) is 0 Å². The molecule has 112 valence electrons. The van der Waals surface area contributed by atoms with Crippen molar-refractivity contribution in [2.45, 2.75) is 6.42 Å². The van der Waals surface area contributed by atoms with Crippen molar-refractivity contribution in [1.29, 1.82) is 0 Å². The number of hydrogen-bond donors (Lipinski definition) is 1. The number of carbonyl (C=O) groups excluding carboxylic acids is 2. The molecule has 21 heavy (non-hydrogen) atoms. The molecule has 1 aromatic carbocycles. The summed E-state index contributed by atoms with van der Waals surface area (Å²) < 4.78 is 0. The van der Waals surface area contributed by atoms with Crippen LogP contribution in [0.15, 0.2) is 30.3 Å². The maximum absolute atomic E-state index is 11.6. The number of nitro groups is 1. The molecule has 0 saturated heterocycles. The molecular formula is C14H17N3O4. The van der Waals surface area contributed by atoms with Gasteiger partial charge in [-0.15, -0.1) is 0 Å². The molecule has 0 heterocycles. The van der Waals surface area contributed by atoms with Crippen molar-refractivity contribution in [3.8, 4) is 0 Å². The highest BCUT2D eigenvalue weighted by atomic mass is 16.6. The van der Waals surface area contributed by atoms with E-state index in [0.29, 0.717) is 5.56 Å². The van der Waals surface area contributed by atoms with Crippen molar-refractivity contribution in [3.05, 3.63) is 46.0 Å². The highest BCUT2D eigenvalue weighted by molar-refractivity contribution is 5.92. The van der Waals surface area contributed by atoms with Crippen molar-refractivity contribution in [2.75, 3.05) is 20.6 Å². The second kappa shape index (κ2) is 7.78. The van der Waals surface area contributed by atoms with Gasteiger partial charge in [0, 0.05) is 39.2 Å². The Kier molecular flexibility index (Phi) is 6.06. The summed E-state index contributed by atoms with van der Waals surface area (Å²) in [7, 11) is 3.27. The number of hydrogen-bond acceptors (Lipinski definition) is 4. The fourth-order valence-corrected chi connectivity index (χ4v) is 1.54. The van der Waals surface area contributed by atoms with E-state index in [1.54, 1.807) is 32.3 Å². The first-order valence-electron chi connectivity index (χ1n) is 6.31. The molecule has 1 aromatic rings. The van der Waals surface area contributed by atoms with E-state index in [1.807, 2.05) is 0 Å². The number of nitro benzene ring substituents is 1. The Morgan fingerprint density at radius 2 is 2.00 bits per heavy atom. The van der Waals surface area contributed by atoms with E-state index >= 15 is 0 Å². The molecule has 0 aliphatic heterocycles. The normalized spacial score (nSPS) is 10.4. The predicted octanol–water partition coefficient (Wildman–Crippen LogP) is 1.20. The zero-order valence-corrected chi connectivity index (χ0v) is 11.9. The average Bonchev–Trinajstić information content (AvgIpc) is 2.45. The summed E-state index contributed by atoms with van der Waals surface area (Å²) in [5, 5.41) is 13.4. The minimum absolute atomic E-state index is 0.0654. The average molecular weight is 291 g/mol. The maximum Gasteiger partial charge on any atom is 0.276 e. The Balaban J connectivity index is 2.55. The molecular weight excluding hydrogens is 274 g/mol. The fraction of sp³-hybridized carbons (Fsp3) is 0.286. The summed E-state index contributed by atoms with van der Waals surface area (Å²) in [6.07, 6.45) is 2.79. The molecule has 2 amide bonds. The molecule has 0 fully saturated rings. The predicted molar refractivity (Wildman–Crippen MR) is 78.5 cm³/mol. The molecule has 0 atom stereocenters. The summed E-state index contributed by atoms with van der Waals surface area (Å²) in [6, 6.07) is 6.13. The van der Waals surface area contributed by atoms with Crippen molar-refractivity contribution in [2.24, 2.45) is 0 Å². The molecule has 0 aliphatic rings. The molecule has 7 nitrogen and oxygen atoms in total. The van der Waals surface area contributed by atoms with Gasteiger partial charge < -0.3 is 10.2 Å². The van der Waals surface area contributed by atoms with Gasteiger partial charge in [0.15, 0.2) is 0 Å². The van der Waals surface area contributed by atoms with Gasteiger partial charge >= 0.3 is 0 Å². The van der Waals surface area contributed by atoms with E-state index in [9.17, 15) is 19.7 Å². The number of carbonyl (C=O) groups is 2. The van der Waals surface area contributed by atoms with E-state index in [4.69, 9.17) is 0 Å². The van der Waals surface area contributed by atoms with Crippen LogP contribution in [0.1, 0.15) is 12.0 Å². The van der Waals surface area contributed by atoms with Gasteiger partial charge in [0.25, 0.3) is 5.69 Å². The van der Waals surface area contributed by atoms with Gasteiger partial charge in [-0.3, -0.25) is 19.7 Å². The first-order valence-corrected chi connectivity index (χ1v) is 6.31. The van der Waals surface area contributed by atoms with Gasteiger partial charge in [0.2, 0.25) is 11.8 Å². The van der Waals surface area contributed by atoms with Crippen LogP contribution < -0.4 is 5.32 Å². The fourth-order valence-electron chi connectivity index (χ4n) is 1.54. The number of rotatable bonds is 6. The van der Waals surface area contributed by atoms with E-state index < -0.39 is 10.8 Å². The van der Waals surface area contributed by atoms with Crippen molar-refractivity contribution < 1.29 is 14.5 Å². The number of nitrogens with one attached hydrogen (secondary N) is 1. The summed E-state index contributed by atoms with van der Waals surface area (Å²) in [6.45, 7) is 0.219. The zero-order valence-electron chi connectivity index (χ0n) is 11.9. The number of nitrogens with zero attached hydrogens (tertiary/aromatic N) is 2. The second-order valence-corrected chi connectivity index (χ2v) is 4.48. The molecule has 0 radical (unpaired) electrons. The second-order valence-electron chi connectivity index (χ2n) is 4.48. The zero-order chi connectivity index (χ0) is 15.8. The molecule has 0 aromatic heterocycles. The number of amides is 2. The first-order chi connectivity index (χ1) is 9.91. The molecule has 0 saturated carbocycles. The first kappa shape index (κ1) is 16.4. The van der Waals surface area contributed by atoms with Crippen LogP contribution in [0.25, 0.3) is 6.08 Å². The summed E-state index contributed by atoms with van der Waals surface area (Å²) in [4.78, 5) is 34.6. The minimum atomic E-state index is -0.507. The van der Waals surface area contributed by atoms with Gasteiger partial charge in [0.1, 0.15) is 0 Å². The standard InChI is InChI=1S/C14H17N3O4/c1-16(2)14(19)9-10-15-13(18)8-7-11-5-3-4-6-12(11)17(20)21/h3-8H,9-10H2,1-2H3,(H,15,18)/b8-7+. The van der Waals surface area contributed by atoms with Gasteiger partial charge in [-0.05, 0) is 12.1 Å². The Morgan fingerprint density at radius 3 is 2.62 bits per heavy atom. The lowest BCUT2D eigenvalue weighted by molar-refractivity contribution is -0.385. The number of para-hydroxylation sites is 1. The molecule has 7 heteroatoms. The highest BCUT2D eigenvalue weighted by Crippen LogP contribution is 2.18. The molecule has 0 aliphatic carbocycles. The Hall–Kier alpha value is -2.70. The van der Waals surface area contributed by atoms with E-state index in [1.165, 1.54) is 23.1 Å². The maximum atomic E-state index is 11.6. The van der Waals surface area contributed by atoms with E-state index in [0.717, 1.165) is 0 Å². The van der Waals surface area contributed by atoms with Crippen molar-refractivity contribution in [1.82, 2.24) is 10.2 Å². The number of benzene rings is 1. The quantitative estimate of drug-likeness (QED) is 0.484. The van der Waals surface area contributed by atoms with Gasteiger partial charge in [-0.1, -0.05) is 12.1 Å². The summed E-state index contributed by atoms with van der Waals surface area (Å²) in [5.41, 5.74) is 0.284. The van der Waals surface area contributed by atoms with E-state index in [2.05, 4.69) is 5.32 Å². The third kappa shape index (κ3) is 5.43. The molecule has 1 rings (SSSR count). The third-order valence-electron chi connectivity index (χ3n) is 2.68. The van der Waals surface area contributed by atoms with Crippen molar-refractivity contribution in [3.63, 3.8) is 0 Å². The Labute approximate surface area is 122 Å². The van der Waals surface area contributed by atoms with Gasteiger partial charge in [-0.25, -0.2) is 0 Å². The van der Waals surface area contributed by atoms with Gasteiger partial charge in [0.05, 0.1) is 10.5 Å². The minimum Gasteiger partial charge on any atom is -0.352 e. The van der Waals surface area contributed by atoms with Gasteiger partial charge in [-0.2, -0.15) is 0 Å². The van der Waals surface area contributed by atoms with Crippen LogP contribution >= 0.6 is 0 Å². The summed E-state index contributed by atoms with van der Waals surface area (Å²) >= 11 is 0.